The largest absolute Gasteiger partial charge is 0.388 e. The van der Waals surface area contributed by atoms with Gasteiger partial charge < -0.3 is 10.6 Å². The fraction of sp³-hybridized carbons (Fsp3) is 0.556. The molecule has 0 rings (SSSR count). The molecule has 4 heteroatoms. The van der Waals surface area contributed by atoms with E-state index in [1.165, 1.54) is 0 Å². The van der Waals surface area contributed by atoms with Crippen molar-refractivity contribution in [2.75, 3.05) is 13.1 Å². The van der Waals surface area contributed by atoms with Crippen LogP contribution in [0.25, 0.3) is 0 Å². The van der Waals surface area contributed by atoms with E-state index in [0.29, 0.717) is 18.8 Å². The average molecular weight is 181 g/mol. The molecular formula is C9H15N3O. The van der Waals surface area contributed by atoms with E-state index >= 15 is 0 Å². The third-order valence-electron chi connectivity index (χ3n) is 1.49. The zero-order chi connectivity index (χ0) is 10.3. The van der Waals surface area contributed by atoms with Crippen LogP contribution in [0.15, 0.2) is 11.3 Å². The molecule has 4 nitrogen and oxygen atoms in total. The Morgan fingerprint density at radius 2 is 1.85 bits per heavy atom. The summed E-state index contributed by atoms with van der Waals surface area (Å²) >= 11 is 0. The van der Waals surface area contributed by atoms with Crippen molar-refractivity contribution in [2.45, 2.75) is 20.8 Å². The number of rotatable bonds is 4. The predicted octanol–water partition coefficient (Wildman–Crippen LogP) is 0.530. The second-order valence-corrected chi connectivity index (χ2v) is 2.50. The Labute approximate surface area is 78.6 Å². The Balaban J connectivity index is 4.59. The zero-order valence-electron chi connectivity index (χ0n) is 8.27. The van der Waals surface area contributed by atoms with Crippen molar-refractivity contribution in [2.24, 2.45) is 0 Å². The molecule has 0 bridgehead atoms. The van der Waals surface area contributed by atoms with Crippen LogP contribution in [0.1, 0.15) is 20.8 Å². The summed E-state index contributed by atoms with van der Waals surface area (Å²) in [5, 5.41) is 14.2. The zero-order valence-corrected chi connectivity index (χ0v) is 8.27. The molecule has 0 aromatic heterocycles. The first-order valence-corrected chi connectivity index (χ1v) is 4.30. The minimum Gasteiger partial charge on any atom is -0.388 e. The van der Waals surface area contributed by atoms with Gasteiger partial charge in [-0.15, -0.1) is 0 Å². The first kappa shape index (κ1) is 11.5. The lowest BCUT2D eigenvalue weighted by atomic mass is 10.2. The van der Waals surface area contributed by atoms with Gasteiger partial charge in [0, 0.05) is 18.8 Å². The maximum Gasteiger partial charge on any atom is 0.263 e. The van der Waals surface area contributed by atoms with E-state index < -0.39 is 0 Å². The first-order chi connectivity index (χ1) is 6.17. The van der Waals surface area contributed by atoms with Crippen molar-refractivity contribution in [1.29, 1.82) is 5.26 Å². The smallest absolute Gasteiger partial charge is 0.263 e. The number of likely N-dealkylation sites (N-methyl/N-ethyl adjacent to an activating group) is 1. The molecule has 0 aliphatic carbocycles. The van der Waals surface area contributed by atoms with Crippen LogP contribution < -0.4 is 10.6 Å². The van der Waals surface area contributed by atoms with E-state index in [9.17, 15) is 4.79 Å². The number of nitriles is 1. The summed E-state index contributed by atoms with van der Waals surface area (Å²) in [6, 6.07) is 1.88. The molecule has 13 heavy (non-hydrogen) atoms. The molecule has 0 aliphatic heterocycles. The van der Waals surface area contributed by atoms with Crippen molar-refractivity contribution in [3.8, 4) is 6.07 Å². The van der Waals surface area contributed by atoms with Gasteiger partial charge in [-0.3, -0.25) is 4.79 Å². The summed E-state index contributed by atoms with van der Waals surface area (Å²) in [4.78, 5) is 11.3. The summed E-state index contributed by atoms with van der Waals surface area (Å²) in [6.45, 7) is 6.68. The molecule has 0 atom stereocenters. The molecule has 0 unspecified atom stereocenters. The Hall–Kier alpha value is -1.50. The van der Waals surface area contributed by atoms with E-state index in [-0.39, 0.29) is 11.5 Å². The molecule has 0 radical (unpaired) electrons. The SMILES string of the molecule is CCNC(=O)/C(C#N)=C(\C)NCC. The molecule has 0 saturated heterocycles. The first-order valence-electron chi connectivity index (χ1n) is 4.30. The highest BCUT2D eigenvalue weighted by Gasteiger charge is 2.10. The topological polar surface area (TPSA) is 64.9 Å². The van der Waals surface area contributed by atoms with Gasteiger partial charge in [0.25, 0.3) is 5.91 Å². The molecule has 0 heterocycles. The molecule has 72 valence electrons. The number of nitrogens with one attached hydrogen (secondary N) is 2. The molecular weight excluding hydrogens is 166 g/mol. The molecule has 0 fully saturated rings. The number of hydrogen-bond acceptors (Lipinski definition) is 3. The lowest BCUT2D eigenvalue weighted by molar-refractivity contribution is -0.117. The van der Waals surface area contributed by atoms with Crippen molar-refractivity contribution in [1.82, 2.24) is 10.6 Å². The lowest BCUT2D eigenvalue weighted by Gasteiger charge is -2.06. The highest BCUT2D eigenvalue weighted by molar-refractivity contribution is 5.97. The van der Waals surface area contributed by atoms with E-state index in [1.807, 2.05) is 19.9 Å². The quantitative estimate of drug-likeness (QED) is 0.491. The van der Waals surface area contributed by atoms with Crippen LogP contribution in [-0.2, 0) is 4.79 Å². The Kier molecular flexibility index (Phi) is 5.37. The van der Waals surface area contributed by atoms with E-state index in [0.717, 1.165) is 0 Å². The number of amides is 1. The number of allylic oxidation sites excluding steroid dienone is 1. The van der Waals surface area contributed by atoms with Gasteiger partial charge in [-0.2, -0.15) is 5.26 Å². The fourth-order valence-electron chi connectivity index (χ4n) is 0.907. The highest BCUT2D eigenvalue weighted by Crippen LogP contribution is 1.99. The monoisotopic (exact) mass is 181 g/mol. The number of carbonyl (C=O) groups excluding carboxylic acids is 1. The minimum atomic E-state index is -0.316. The van der Waals surface area contributed by atoms with Crippen LogP contribution in [0.2, 0.25) is 0 Å². The van der Waals surface area contributed by atoms with Crippen LogP contribution in [-0.4, -0.2) is 19.0 Å². The van der Waals surface area contributed by atoms with Crippen LogP contribution in [0.5, 0.6) is 0 Å². The van der Waals surface area contributed by atoms with Crippen molar-refractivity contribution in [3.05, 3.63) is 11.3 Å². The second-order valence-electron chi connectivity index (χ2n) is 2.50. The van der Waals surface area contributed by atoms with Gasteiger partial charge in [0.15, 0.2) is 0 Å². The normalized spacial score (nSPS) is 11.2. The van der Waals surface area contributed by atoms with Gasteiger partial charge in [0.05, 0.1) is 0 Å². The number of hydrogen-bond donors (Lipinski definition) is 2. The van der Waals surface area contributed by atoms with E-state index in [2.05, 4.69) is 10.6 Å². The Morgan fingerprint density at radius 1 is 1.31 bits per heavy atom. The summed E-state index contributed by atoms with van der Waals surface area (Å²) in [6.07, 6.45) is 0. The molecule has 0 aliphatic rings. The Morgan fingerprint density at radius 3 is 2.23 bits per heavy atom. The van der Waals surface area contributed by atoms with Gasteiger partial charge in [0.1, 0.15) is 11.6 Å². The van der Waals surface area contributed by atoms with Crippen molar-refractivity contribution >= 4 is 5.91 Å². The summed E-state index contributed by atoms with van der Waals surface area (Å²) in [5.41, 5.74) is 0.777. The molecule has 1 amide bonds. The maximum atomic E-state index is 11.3. The number of carbonyl (C=O) groups is 1. The minimum absolute atomic E-state index is 0.156. The third kappa shape index (κ3) is 3.61. The molecule has 0 aromatic rings. The summed E-state index contributed by atoms with van der Waals surface area (Å²) in [5.74, 6) is -0.316. The lowest BCUT2D eigenvalue weighted by Crippen LogP contribution is -2.27. The summed E-state index contributed by atoms with van der Waals surface area (Å²) < 4.78 is 0. The van der Waals surface area contributed by atoms with Crippen molar-refractivity contribution < 1.29 is 4.79 Å². The predicted molar refractivity (Wildman–Crippen MR) is 50.7 cm³/mol. The molecule has 2 N–H and O–H groups in total. The molecule has 0 spiro atoms. The standard InChI is InChI=1S/C9H15N3O/c1-4-11-7(3)8(6-10)9(13)12-5-2/h11H,4-5H2,1-3H3,(H,12,13)/b8-7+. The van der Waals surface area contributed by atoms with Gasteiger partial charge >= 0.3 is 0 Å². The van der Waals surface area contributed by atoms with Gasteiger partial charge in [-0.05, 0) is 20.8 Å². The van der Waals surface area contributed by atoms with E-state index in [1.54, 1.807) is 6.92 Å². The van der Waals surface area contributed by atoms with Crippen LogP contribution in [0.3, 0.4) is 0 Å². The van der Waals surface area contributed by atoms with Crippen LogP contribution >= 0.6 is 0 Å². The van der Waals surface area contributed by atoms with Crippen LogP contribution in [0.4, 0.5) is 0 Å². The maximum absolute atomic E-state index is 11.3. The second kappa shape index (κ2) is 6.06. The molecule has 0 saturated carbocycles. The number of nitrogens with zero attached hydrogens (tertiary/aromatic N) is 1. The Bertz CT molecular complexity index is 250. The van der Waals surface area contributed by atoms with Gasteiger partial charge in [0.2, 0.25) is 0 Å². The fourth-order valence-corrected chi connectivity index (χ4v) is 0.907. The van der Waals surface area contributed by atoms with Crippen LogP contribution in [0, 0.1) is 11.3 Å². The highest BCUT2D eigenvalue weighted by atomic mass is 16.1. The van der Waals surface area contributed by atoms with Crippen molar-refractivity contribution in [3.63, 3.8) is 0 Å². The van der Waals surface area contributed by atoms with E-state index in [4.69, 9.17) is 5.26 Å². The molecule has 0 aromatic carbocycles. The third-order valence-corrected chi connectivity index (χ3v) is 1.49. The summed E-state index contributed by atoms with van der Waals surface area (Å²) in [7, 11) is 0. The van der Waals surface area contributed by atoms with Gasteiger partial charge in [-0.25, -0.2) is 0 Å². The van der Waals surface area contributed by atoms with Gasteiger partial charge in [-0.1, -0.05) is 0 Å². The average Bonchev–Trinajstić information content (AvgIpc) is 2.06.